The molecule has 0 N–H and O–H groups in total. The molecule has 0 nitrogen and oxygen atoms in total. The van der Waals surface area contributed by atoms with Crippen molar-refractivity contribution in [3.05, 3.63) is 32.2 Å². The van der Waals surface area contributed by atoms with Crippen LogP contribution in [0.25, 0.3) is 0 Å². The highest BCUT2D eigenvalue weighted by molar-refractivity contribution is 9.11. The topological polar surface area (TPSA) is 0 Å². The standard InChI is InChI=1S/C13H17Br2Cl/c1-8(2)4-5-13(16)10-7-11(14)9(3)6-12(10)15/h6-8,13H,4-5H2,1-3H3. The average Bonchev–Trinajstić information content (AvgIpc) is 2.20. The van der Waals surface area contributed by atoms with E-state index in [0.717, 1.165) is 21.8 Å². The fraction of sp³-hybridized carbons (Fsp3) is 0.538. The second kappa shape index (κ2) is 6.42. The molecule has 3 heteroatoms. The maximum Gasteiger partial charge on any atom is 0.0596 e. The third-order valence-electron chi connectivity index (χ3n) is 2.61. The summed E-state index contributed by atoms with van der Waals surface area (Å²) in [6.45, 7) is 6.53. The van der Waals surface area contributed by atoms with Crippen LogP contribution < -0.4 is 0 Å². The van der Waals surface area contributed by atoms with Crippen molar-refractivity contribution in [3.63, 3.8) is 0 Å². The molecule has 1 aromatic carbocycles. The molecule has 1 rings (SSSR count). The van der Waals surface area contributed by atoms with E-state index in [-0.39, 0.29) is 5.38 Å². The van der Waals surface area contributed by atoms with Crippen LogP contribution >= 0.6 is 43.5 Å². The van der Waals surface area contributed by atoms with Crippen molar-refractivity contribution in [2.45, 2.75) is 39.0 Å². The smallest absolute Gasteiger partial charge is 0.0596 e. The van der Waals surface area contributed by atoms with Crippen LogP contribution in [0, 0.1) is 12.8 Å². The van der Waals surface area contributed by atoms with E-state index < -0.39 is 0 Å². The molecule has 0 aromatic heterocycles. The largest absolute Gasteiger partial charge is 0.118 e. The fourth-order valence-corrected chi connectivity index (χ4v) is 3.07. The van der Waals surface area contributed by atoms with Crippen molar-refractivity contribution in [2.75, 3.05) is 0 Å². The van der Waals surface area contributed by atoms with Crippen molar-refractivity contribution in [1.29, 1.82) is 0 Å². The number of alkyl halides is 1. The molecule has 0 radical (unpaired) electrons. The lowest BCUT2D eigenvalue weighted by Crippen LogP contribution is -1.96. The highest BCUT2D eigenvalue weighted by atomic mass is 79.9. The molecule has 16 heavy (non-hydrogen) atoms. The molecule has 0 heterocycles. The van der Waals surface area contributed by atoms with Crippen molar-refractivity contribution in [2.24, 2.45) is 5.92 Å². The summed E-state index contributed by atoms with van der Waals surface area (Å²) in [7, 11) is 0. The SMILES string of the molecule is Cc1cc(Br)c(C(Cl)CCC(C)C)cc1Br. The number of hydrogen-bond acceptors (Lipinski definition) is 0. The fourth-order valence-electron chi connectivity index (χ4n) is 1.54. The van der Waals surface area contributed by atoms with Gasteiger partial charge < -0.3 is 0 Å². The van der Waals surface area contributed by atoms with Gasteiger partial charge in [-0.2, -0.15) is 0 Å². The van der Waals surface area contributed by atoms with E-state index in [1.807, 2.05) is 0 Å². The van der Waals surface area contributed by atoms with Crippen molar-refractivity contribution in [1.82, 2.24) is 0 Å². The van der Waals surface area contributed by atoms with Crippen molar-refractivity contribution < 1.29 is 0 Å². The van der Waals surface area contributed by atoms with E-state index in [1.165, 1.54) is 11.1 Å². The molecule has 0 aliphatic carbocycles. The van der Waals surface area contributed by atoms with Gasteiger partial charge in [0, 0.05) is 8.95 Å². The molecule has 90 valence electrons. The van der Waals surface area contributed by atoms with Gasteiger partial charge in [-0.05, 0) is 48.9 Å². The lowest BCUT2D eigenvalue weighted by Gasteiger charge is -2.14. The molecular weight excluding hydrogens is 351 g/mol. The summed E-state index contributed by atoms with van der Waals surface area (Å²) in [4.78, 5) is 0. The van der Waals surface area contributed by atoms with Gasteiger partial charge in [0.1, 0.15) is 0 Å². The predicted molar refractivity (Wildman–Crippen MR) is 79.2 cm³/mol. The van der Waals surface area contributed by atoms with Gasteiger partial charge in [-0.15, -0.1) is 11.6 Å². The lowest BCUT2D eigenvalue weighted by molar-refractivity contribution is 0.548. The first kappa shape index (κ1) is 14.5. The maximum absolute atomic E-state index is 6.43. The minimum absolute atomic E-state index is 0.0914. The molecule has 1 atom stereocenters. The Morgan fingerprint density at radius 1 is 1.12 bits per heavy atom. The molecule has 0 bridgehead atoms. The molecule has 1 aromatic rings. The van der Waals surface area contributed by atoms with Crippen LogP contribution in [-0.2, 0) is 0 Å². The molecule has 0 fully saturated rings. The van der Waals surface area contributed by atoms with E-state index >= 15 is 0 Å². The third-order valence-corrected chi connectivity index (χ3v) is 4.61. The monoisotopic (exact) mass is 366 g/mol. The molecule has 0 saturated heterocycles. The highest BCUT2D eigenvalue weighted by Gasteiger charge is 2.13. The van der Waals surface area contributed by atoms with Crippen LogP contribution in [0.3, 0.4) is 0 Å². The first-order valence-electron chi connectivity index (χ1n) is 5.51. The lowest BCUT2D eigenvalue weighted by atomic mass is 10.0. The molecule has 0 aliphatic heterocycles. The first-order valence-corrected chi connectivity index (χ1v) is 7.53. The Morgan fingerprint density at radius 3 is 2.31 bits per heavy atom. The quantitative estimate of drug-likeness (QED) is 0.552. The molecule has 0 amide bonds. The van der Waals surface area contributed by atoms with Gasteiger partial charge in [-0.1, -0.05) is 45.7 Å². The zero-order valence-electron chi connectivity index (χ0n) is 9.86. The summed E-state index contributed by atoms with van der Waals surface area (Å²) in [6, 6.07) is 4.24. The van der Waals surface area contributed by atoms with Gasteiger partial charge in [0.25, 0.3) is 0 Å². The minimum Gasteiger partial charge on any atom is -0.118 e. The third kappa shape index (κ3) is 4.05. The molecule has 0 saturated carbocycles. The minimum atomic E-state index is 0.0914. The van der Waals surface area contributed by atoms with Gasteiger partial charge in [0.15, 0.2) is 0 Å². The molecular formula is C13H17Br2Cl. The summed E-state index contributed by atoms with van der Waals surface area (Å²) in [5, 5.41) is 0.0914. The molecule has 1 unspecified atom stereocenters. The number of halogens is 3. The van der Waals surface area contributed by atoms with Gasteiger partial charge in [0.05, 0.1) is 5.38 Å². The first-order chi connectivity index (χ1) is 7.41. The summed E-state index contributed by atoms with van der Waals surface area (Å²) >= 11 is 13.6. The maximum atomic E-state index is 6.43. The van der Waals surface area contributed by atoms with Gasteiger partial charge in [0.2, 0.25) is 0 Å². The molecule has 0 spiro atoms. The van der Waals surface area contributed by atoms with E-state index in [2.05, 4.69) is 64.8 Å². The predicted octanol–water partition coefficient (Wildman–Crippen LogP) is 6.24. The van der Waals surface area contributed by atoms with Crippen LogP contribution in [0.4, 0.5) is 0 Å². The summed E-state index contributed by atoms with van der Waals surface area (Å²) in [5.41, 5.74) is 2.41. The van der Waals surface area contributed by atoms with E-state index in [9.17, 15) is 0 Å². The number of benzene rings is 1. The number of rotatable bonds is 4. The van der Waals surface area contributed by atoms with Gasteiger partial charge in [-0.3, -0.25) is 0 Å². The normalized spacial score (nSPS) is 13.2. The van der Waals surface area contributed by atoms with Gasteiger partial charge in [-0.25, -0.2) is 0 Å². The Balaban J connectivity index is 2.82. The van der Waals surface area contributed by atoms with Crippen LogP contribution in [-0.4, -0.2) is 0 Å². The summed E-state index contributed by atoms with van der Waals surface area (Å²) in [5.74, 6) is 0.703. The number of hydrogen-bond donors (Lipinski definition) is 0. The van der Waals surface area contributed by atoms with Gasteiger partial charge >= 0.3 is 0 Å². The highest BCUT2D eigenvalue weighted by Crippen LogP contribution is 2.35. The van der Waals surface area contributed by atoms with Crippen LogP contribution in [0.15, 0.2) is 21.1 Å². The average molecular weight is 369 g/mol. The van der Waals surface area contributed by atoms with E-state index in [4.69, 9.17) is 11.6 Å². The zero-order chi connectivity index (χ0) is 12.3. The zero-order valence-corrected chi connectivity index (χ0v) is 13.8. The summed E-state index contributed by atoms with van der Waals surface area (Å²) in [6.07, 6.45) is 2.18. The Labute approximate surface area is 120 Å². The Morgan fingerprint density at radius 2 is 1.75 bits per heavy atom. The Bertz CT molecular complexity index is 361. The second-order valence-corrected chi connectivity index (χ2v) is 6.80. The van der Waals surface area contributed by atoms with Crippen LogP contribution in [0.2, 0.25) is 0 Å². The van der Waals surface area contributed by atoms with Crippen molar-refractivity contribution >= 4 is 43.5 Å². The number of aryl methyl sites for hydroxylation is 1. The molecule has 0 aliphatic rings. The second-order valence-electron chi connectivity index (χ2n) is 4.56. The Hall–Kier alpha value is 0.470. The van der Waals surface area contributed by atoms with E-state index in [1.54, 1.807) is 0 Å². The summed E-state index contributed by atoms with van der Waals surface area (Å²) < 4.78 is 2.23. The Kier molecular flexibility index (Phi) is 5.83. The van der Waals surface area contributed by atoms with E-state index in [0.29, 0.717) is 5.92 Å². The van der Waals surface area contributed by atoms with Crippen molar-refractivity contribution in [3.8, 4) is 0 Å². The van der Waals surface area contributed by atoms with Crippen LogP contribution in [0.1, 0.15) is 43.2 Å². The van der Waals surface area contributed by atoms with Crippen LogP contribution in [0.5, 0.6) is 0 Å².